The molecule has 1 aromatic rings. The molecule has 0 fully saturated rings. The van der Waals surface area contributed by atoms with Crippen LogP contribution in [0.3, 0.4) is 0 Å². The third-order valence-corrected chi connectivity index (χ3v) is 1.28. The molecule has 7 heteroatoms. The monoisotopic (exact) mass is 275 g/mol. The molecule has 0 spiro atoms. The van der Waals surface area contributed by atoms with Crippen LogP contribution in [-0.2, 0) is 24.3 Å². The number of para-hydroxylation sites is 1. The van der Waals surface area contributed by atoms with Crippen LogP contribution in [0.2, 0.25) is 0 Å². The fraction of sp³-hybridized carbons (Fsp3) is 0.111. The summed E-state index contributed by atoms with van der Waals surface area (Å²) in [6, 6.07) is 5.54. The molecule has 0 bridgehead atoms. The number of hydrogen-bond donors (Lipinski definition) is 2. The van der Waals surface area contributed by atoms with Gasteiger partial charge in [0.25, 0.3) is 0 Å². The van der Waals surface area contributed by atoms with Gasteiger partial charge in [0, 0.05) is 6.54 Å². The van der Waals surface area contributed by atoms with Crippen molar-refractivity contribution >= 4 is 11.9 Å². The number of rotatable bonds is 2. The Hall–Kier alpha value is -1.46. The molecular formula is C9H9NO5Zn. The quantitative estimate of drug-likeness (QED) is 0.611. The second-order valence-corrected chi connectivity index (χ2v) is 2.38. The number of nitrogens with two attached hydrogens (primary N) is 1. The van der Waals surface area contributed by atoms with Gasteiger partial charge in [0.2, 0.25) is 0 Å². The van der Waals surface area contributed by atoms with Crippen LogP contribution >= 0.6 is 0 Å². The predicted molar refractivity (Wildman–Crippen MR) is 46.9 cm³/mol. The van der Waals surface area contributed by atoms with E-state index < -0.39 is 17.7 Å². The molecule has 0 saturated heterocycles. The van der Waals surface area contributed by atoms with E-state index in [-0.39, 0.29) is 31.6 Å². The summed E-state index contributed by atoms with van der Waals surface area (Å²) < 4.78 is 0. The van der Waals surface area contributed by atoms with E-state index in [2.05, 4.69) is 5.73 Å². The molecule has 16 heavy (non-hydrogen) atoms. The van der Waals surface area contributed by atoms with Crippen molar-refractivity contribution in [3.05, 3.63) is 29.8 Å². The van der Waals surface area contributed by atoms with E-state index in [1.165, 1.54) is 24.3 Å². The topological polar surface area (TPSA) is 127 Å². The first kappa shape index (κ1) is 17.0. The molecule has 3 N–H and O–H groups in total. The van der Waals surface area contributed by atoms with Crippen molar-refractivity contribution in [1.82, 2.24) is 0 Å². The van der Waals surface area contributed by atoms with Gasteiger partial charge in [-0.25, -0.2) is 4.79 Å². The maximum Gasteiger partial charge on any atom is 2.00 e. The molecule has 0 aliphatic rings. The minimum absolute atomic E-state index is 0. The van der Waals surface area contributed by atoms with Crippen LogP contribution in [0.1, 0.15) is 10.4 Å². The minimum Gasteiger partial charge on any atom is -0.872 e. The molecule has 1 aromatic carbocycles. The first-order valence-corrected chi connectivity index (χ1v) is 3.88. The third-order valence-electron chi connectivity index (χ3n) is 1.28. The van der Waals surface area contributed by atoms with Gasteiger partial charge in [-0.1, -0.05) is 23.9 Å². The smallest absolute Gasteiger partial charge is 0.872 e. The summed E-state index contributed by atoms with van der Waals surface area (Å²) in [6.07, 6.45) is 0. The molecule has 6 nitrogen and oxygen atoms in total. The zero-order chi connectivity index (χ0) is 11.8. The molecule has 0 aliphatic heterocycles. The maximum atomic E-state index is 10.7. The number of carbonyl (C=O) groups excluding carboxylic acids is 1. The van der Waals surface area contributed by atoms with E-state index in [0.29, 0.717) is 0 Å². The van der Waals surface area contributed by atoms with Gasteiger partial charge in [-0.05, 0) is 6.07 Å². The zero-order valence-electron chi connectivity index (χ0n) is 8.38. The molecule has 0 saturated carbocycles. The molecule has 1 rings (SSSR count). The molecule has 0 amide bonds. The SMILES string of the molecule is NCC(=O)[O-].O=C(O)c1ccccc1[O-].[Zn+2]. The molecule has 0 atom stereocenters. The van der Waals surface area contributed by atoms with Gasteiger partial charge in [-0.15, -0.1) is 0 Å². The van der Waals surface area contributed by atoms with Gasteiger partial charge in [-0.2, -0.15) is 0 Å². The Bertz CT molecular complexity index is 356. The second kappa shape index (κ2) is 8.82. The van der Waals surface area contributed by atoms with E-state index >= 15 is 0 Å². The number of aliphatic carboxylic acids is 1. The van der Waals surface area contributed by atoms with Crippen LogP contribution in [-0.4, -0.2) is 23.6 Å². The number of benzene rings is 1. The van der Waals surface area contributed by atoms with Crippen LogP contribution in [0.5, 0.6) is 5.75 Å². The summed E-state index contributed by atoms with van der Waals surface area (Å²) in [4.78, 5) is 19.4. The van der Waals surface area contributed by atoms with E-state index in [1.807, 2.05) is 0 Å². The fourth-order valence-corrected chi connectivity index (χ4v) is 0.643. The van der Waals surface area contributed by atoms with Crippen molar-refractivity contribution in [2.75, 3.05) is 6.54 Å². The Morgan fingerprint density at radius 1 is 1.31 bits per heavy atom. The van der Waals surface area contributed by atoms with Crippen molar-refractivity contribution in [3.8, 4) is 5.75 Å². The Kier molecular flexibility index (Phi) is 9.35. The predicted octanol–water partition coefficient (Wildman–Crippen LogP) is -1.85. The summed E-state index contributed by atoms with van der Waals surface area (Å²) in [5.41, 5.74) is 4.33. The van der Waals surface area contributed by atoms with Crippen LogP contribution in [0.15, 0.2) is 24.3 Å². The van der Waals surface area contributed by atoms with Crippen molar-refractivity contribution in [1.29, 1.82) is 0 Å². The Balaban J connectivity index is 0. The number of hydrogen-bond acceptors (Lipinski definition) is 5. The van der Waals surface area contributed by atoms with Crippen LogP contribution in [0.4, 0.5) is 0 Å². The van der Waals surface area contributed by atoms with Gasteiger partial charge in [0.05, 0.1) is 11.5 Å². The Morgan fingerprint density at radius 2 is 1.75 bits per heavy atom. The fourth-order valence-electron chi connectivity index (χ4n) is 0.643. The molecular weight excluding hydrogens is 267 g/mol. The molecule has 0 heterocycles. The van der Waals surface area contributed by atoms with Gasteiger partial charge < -0.3 is 25.8 Å². The van der Waals surface area contributed by atoms with Crippen molar-refractivity contribution in [2.45, 2.75) is 0 Å². The van der Waals surface area contributed by atoms with Crippen molar-refractivity contribution in [3.63, 3.8) is 0 Å². The summed E-state index contributed by atoms with van der Waals surface area (Å²) in [5, 5.41) is 28.2. The molecule has 0 radical (unpaired) electrons. The molecule has 0 aromatic heterocycles. The van der Waals surface area contributed by atoms with Crippen molar-refractivity contribution in [2.24, 2.45) is 5.73 Å². The van der Waals surface area contributed by atoms with E-state index in [1.54, 1.807) is 0 Å². The first-order valence-electron chi connectivity index (χ1n) is 3.88. The standard InChI is InChI=1S/C7H6O3.C2H5NO2.Zn/c8-6-4-2-1-3-5(6)7(9)10;3-1-2(4)5;/h1-4,8H,(H,9,10);1,3H2,(H,4,5);/q;;+2/p-2. The average Bonchev–Trinajstić information content (AvgIpc) is 2.19. The average molecular weight is 277 g/mol. The largest absolute Gasteiger partial charge is 2.00 e. The van der Waals surface area contributed by atoms with E-state index in [4.69, 9.17) is 15.0 Å². The second-order valence-electron chi connectivity index (χ2n) is 2.38. The van der Waals surface area contributed by atoms with Crippen LogP contribution < -0.4 is 15.9 Å². The normalized spacial score (nSPS) is 8.06. The van der Waals surface area contributed by atoms with E-state index in [0.717, 1.165) is 0 Å². The first-order chi connectivity index (χ1) is 6.99. The zero-order valence-corrected chi connectivity index (χ0v) is 11.3. The Labute approximate surface area is 104 Å². The minimum atomic E-state index is -1.22. The third kappa shape index (κ3) is 6.92. The van der Waals surface area contributed by atoms with Crippen LogP contribution in [0.25, 0.3) is 0 Å². The van der Waals surface area contributed by atoms with E-state index in [9.17, 15) is 9.90 Å². The Morgan fingerprint density at radius 3 is 2.00 bits per heavy atom. The van der Waals surface area contributed by atoms with Gasteiger partial charge in [0.1, 0.15) is 0 Å². The summed E-state index contributed by atoms with van der Waals surface area (Å²) >= 11 is 0. The van der Waals surface area contributed by atoms with Gasteiger partial charge in [-0.3, -0.25) is 0 Å². The number of carboxylic acids is 2. The summed E-state index contributed by atoms with van der Waals surface area (Å²) in [7, 11) is 0. The summed E-state index contributed by atoms with van der Waals surface area (Å²) in [5.74, 6) is -2.84. The summed E-state index contributed by atoms with van der Waals surface area (Å²) in [6.45, 7) is -0.389. The van der Waals surface area contributed by atoms with Gasteiger partial charge >= 0.3 is 25.4 Å². The number of carbonyl (C=O) groups is 2. The van der Waals surface area contributed by atoms with Crippen LogP contribution in [0, 0.1) is 0 Å². The van der Waals surface area contributed by atoms with Crippen molar-refractivity contribution < 1.29 is 44.4 Å². The maximum absolute atomic E-state index is 10.7. The van der Waals surface area contributed by atoms with Gasteiger partial charge in [0.15, 0.2) is 0 Å². The molecule has 82 valence electrons. The molecule has 0 aliphatic carbocycles. The number of carboxylic acid groups (broad SMARTS) is 2. The molecule has 0 unspecified atom stereocenters. The number of aromatic carboxylic acids is 1.